The van der Waals surface area contributed by atoms with Crippen LogP contribution in [0.4, 0.5) is 23.7 Å². The first-order chi connectivity index (χ1) is 15.7. The van der Waals surface area contributed by atoms with E-state index >= 15 is 0 Å². The molecule has 0 radical (unpaired) electrons. The number of rotatable bonds is 4. The molecule has 3 rings (SSSR count). The summed E-state index contributed by atoms with van der Waals surface area (Å²) in [7, 11) is 0. The van der Waals surface area contributed by atoms with Crippen molar-refractivity contribution in [3.63, 3.8) is 0 Å². The fourth-order valence-corrected chi connectivity index (χ4v) is 4.26. The highest BCUT2D eigenvalue weighted by molar-refractivity contribution is 5.74. The number of benzene rings is 1. The molecule has 1 amide bonds. The maximum absolute atomic E-state index is 13.6. The average molecular weight is 486 g/mol. The van der Waals surface area contributed by atoms with Crippen LogP contribution in [0.5, 0.6) is 0 Å². The summed E-state index contributed by atoms with van der Waals surface area (Å²) >= 11 is 0. The quantitative estimate of drug-likeness (QED) is 0.680. The van der Waals surface area contributed by atoms with Crippen molar-refractivity contribution in [2.45, 2.75) is 58.9 Å². The van der Waals surface area contributed by atoms with E-state index in [-0.39, 0.29) is 6.09 Å². The average Bonchev–Trinajstić information content (AvgIpc) is 2.72. The molecule has 2 aliphatic heterocycles. The molecule has 10 heteroatoms. The van der Waals surface area contributed by atoms with Gasteiger partial charge in [0.05, 0.1) is 11.0 Å². The van der Waals surface area contributed by atoms with E-state index in [0.29, 0.717) is 69.9 Å². The fourth-order valence-electron chi connectivity index (χ4n) is 4.26. The Kier molecular flexibility index (Phi) is 7.40. The number of anilines is 1. The van der Waals surface area contributed by atoms with Crippen LogP contribution in [0.1, 0.15) is 51.7 Å². The molecule has 0 atom stereocenters. The highest BCUT2D eigenvalue weighted by atomic mass is 19.4. The number of nitrogens with zero attached hydrogens (tertiary/aromatic N) is 3. The number of alkyl halides is 3. The van der Waals surface area contributed by atoms with Gasteiger partial charge in [0.25, 0.3) is 0 Å². The van der Waals surface area contributed by atoms with E-state index in [1.54, 1.807) is 38.7 Å². The number of carbonyl (C=O) groups excluding carboxylic acids is 1. The summed E-state index contributed by atoms with van der Waals surface area (Å²) < 4.78 is 46.3. The normalized spacial score (nSPS) is 19.7. The fraction of sp³-hybridized carbons (Fsp3) is 0.667. The van der Waals surface area contributed by atoms with Crippen molar-refractivity contribution >= 4 is 17.7 Å². The molecular formula is C24H34F3N3O4. The lowest BCUT2D eigenvalue weighted by Crippen LogP contribution is -2.49. The van der Waals surface area contributed by atoms with Crippen LogP contribution in [0.3, 0.4) is 0 Å². The summed E-state index contributed by atoms with van der Waals surface area (Å²) in [5.74, 6) is -0.873. The molecule has 7 nitrogen and oxygen atoms in total. The number of aliphatic carboxylic acids is 1. The van der Waals surface area contributed by atoms with Gasteiger partial charge in [-0.15, -0.1) is 0 Å². The van der Waals surface area contributed by atoms with Gasteiger partial charge in [-0.3, -0.25) is 9.69 Å². The highest BCUT2D eigenvalue weighted by Gasteiger charge is 2.38. The number of piperidine rings is 1. The molecular weight excluding hydrogens is 451 g/mol. The molecule has 2 fully saturated rings. The summed E-state index contributed by atoms with van der Waals surface area (Å²) in [5, 5.41) is 9.43. The van der Waals surface area contributed by atoms with Crippen LogP contribution in [0.25, 0.3) is 0 Å². The zero-order chi connectivity index (χ0) is 25.3. The lowest BCUT2D eigenvalue weighted by atomic mass is 9.80. The summed E-state index contributed by atoms with van der Waals surface area (Å²) in [6.45, 7) is 10.2. The molecule has 2 heterocycles. The lowest BCUT2D eigenvalue weighted by Gasteiger charge is -2.38. The molecule has 190 valence electrons. The Bertz CT molecular complexity index is 898. The molecule has 0 spiro atoms. The van der Waals surface area contributed by atoms with Crippen molar-refractivity contribution < 1.29 is 32.6 Å². The van der Waals surface area contributed by atoms with Gasteiger partial charge in [0.1, 0.15) is 5.60 Å². The maximum Gasteiger partial charge on any atom is 0.416 e. The van der Waals surface area contributed by atoms with Crippen LogP contribution in [0.15, 0.2) is 18.2 Å². The van der Waals surface area contributed by atoms with Gasteiger partial charge in [-0.25, -0.2) is 4.79 Å². The van der Waals surface area contributed by atoms with E-state index in [0.717, 1.165) is 6.07 Å². The van der Waals surface area contributed by atoms with Gasteiger partial charge < -0.3 is 19.6 Å². The van der Waals surface area contributed by atoms with E-state index in [1.807, 2.05) is 9.80 Å². The second kappa shape index (κ2) is 9.64. The van der Waals surface area contributed by atoms with Crippen molar-refractivity contribution in [1.82, 2.24) is 9.80 Å². The Morgan fingerprint density at radius 3 is 2.09 bits per heavy atom. The van der Waals surface area contributed by atoms with Crippen molar-refractivity contribution in [2.24, 2.45) is 5.41 Å². The summed E-state index contributed by atoms with van der Waals surface area (Å²) in [6, 6.07) is 4.08. The number of piperazine rings is 1. The van der Waals surface area contributed by atoms with Gasteiger partial charge in [0.2, 0.25) is 0 Å². The largest absolute Gasteiger partial charge is 0.481 e. The molecule has 1 N–H and O–H groups in total. The van der Waals surface area contributed by atoms with E-state index in [2.05, 4.69) is 0 Å². The molecule has 0 aromatic heterocycles. The van der Waals surface area contributed by atoms with Crippen LogP contribution in [-0.4, -0.2) is 71.8 Å². The zero-order valence-electron chi connectivity index (χ0n) is 20.2. The lowest BCUT2D eigenvalue weighted by molar-refractivity contribution is -0.149. The van der Waals surface area contributed by atoms with Gasteiger partial charge in [-0.1, -0.05) is 0 Å². The number of hydrogen-bond donors (Lipinski definition) is 1. The number of carbonyl (C=O) groups is 2. The minimum Gasteiger partial charge on any atom is -0.481 e. The monoisotopic (exact) mass is 485 g/mol. The van der Waals surface area contributed by atoms with Gasteiger partial charge in [-0.2, -0.15) is 13.2 Å². The predicted molar refractivity (Wildman–Crippen MR) is 122 cm³/mol. The molecule has 2 aliphatic rings. The first-order valence-corrected chi connectivity index (χ1v) is 11.6. The third-order valence-electron chi connectivity index (χ3n) is 6.48. The third-order valence-corrected chi connectivity index (χ3v) is 6.48. The topological polar surface area (TPSA) is 73.3 Å². The predicted octanol–water partition coefficient (Wildman–Crippen LogP) is 4.45. The molecule has 1 aromatic rings. The van der Waals surface area contributed by atoms with Gasteiger partial charge >= 0.3 is 18.2 Å². The third kappa shape index (κ3) is 6.55. The van der Waals surface area contributed by atoms with E-state index in [4.69, 9.17) is 4.74 Å². The first kappa shape index (κ1) is 26.1. The standard InChI is InChI=1S/C24H34F3N3O4/c1-22(2,3)34-21(33)30-11-9-28(10-12-30)16-17-13-18(24(25,26)27)15-19(14-17)29-7-5-23(4,6-8-29)20(31)32/h13-15H,5-12,16H2,1-4H3,(H,31,32). The second-order valence-corrected chi connectivity index (χ2v) is 10.5. The molecule has 0 aliphatic carbocycles. The second-order valence-electron chi connectivity index (χ2n) is 10.5. The van der Waals surface area contributed by atoms with Gasteiger partial charge in [-0.05, 0) is 64.3 Å². The Labute approximate surface area is 198 Å². The number of hydrogen-bond acceptors (Lipinski definition) is 5. The first-order valence-electron chi connectivity index (χ1n) is 11.6. The highest BCUT2D eigenvalue weighted by Crippen LogP contribution is 2.37. The molecule has 0 unspecified atom stereocenters. The Morgan fingerprint density at radius 1 is 1.00 bits per heavy atom. The van der Waals surface area contributed by atoms with Crippen LogP contribution in [-0.2, 0) is 22.3 Å². The van der Waals surface area contributed by atoms with Crippen molar-refractivity contribution in [3.05, 3.63) is 29.3 Å². The Balaban J connectivity index is 1.69. The van der Waals surface area contributed by atoms with Crippen LogP contribution >= 0.6 is 0 Å². The summed E-state index contributed by atoms with van der Waals surface area (Å²) in [4.78, 5) is 29.2. The van der Waals surface area contributed by atoms with Gasteiger partial charge in [0.15, 0.2) is 0 Å². The van der Waals surface area contributed by atoms with Crippen LogP contribution in [0, 0.1) is 5.41 Å². The Hall–Kier alpha value is -2.49. The number of carboxylic acids is 1. The maximum atomic E-state index is 13.6. The SMILES string of the molecule is CC(C)(C)OC(=O)N1CCN(Cc2cc(N3CCC(C)(C(=O)O)CC3)cc(C(F)(F)F)c2)CC1. The van der Waals surface area contributed by atoms with Crippen molar-refractivity contribution in [3.8, 4) is 0 Å². The summed E-state index contributed by atoms with van der Waals surface area (Å²) in [5.41, 5.74) is -1.14. The molecule has 0 bridgehead atoms. The number of carboxylic acid groups (broad SMARTS) is 1. The molecule has 0 saturated carbocycles. The van der Waals surface area contributed by atoms with Crippen molar-refractivity contribution in [2.75, 3.05) is 44.2 Å². The molecule has 1 aromatic carbocycles. The van der Waals surface area contributed by atoms with Crippen molar-refractivity contribution in [1.29, 1.82) is 0 Å². The Morgan fingerprint density at radius 2 is 1.59 bits per heavy atom. The van der Waals surface area contributed by atoms with Crippen LogP contribution < -0.4 is 4.90 Å². The minimum absolute atomic E-state index is 0.333. The number of amides is 1. The zero-order valence-corrected chi connectivity index (χ0v) is 20.2. The summed E-state index contributed by atoms with van der Waals surface area (Å²) in [6.07, 6.45) is -4.11. The molecule has 2 saturated heterocycles. The molecule has 34 heavy (non-hydrogen) atoms. The van der Waals surface area contributed by atoms with Crippen LogP contribution in [0.2, 0.25) is 0 Å². The minimum atomic E-state index is -4.48. The smallest absolute Gasteiger partial charge is 0.416 e. The number of halogens is 3. The van der Waals surface area contributed by atoms with E-state index < -0.39 is 28.7 Å². The number of ether oxygens (including phenoxy) is 1. The van der Waals surface area contributed by atoms with E-state index in [9.17, 15) is 27.9 Å². The van der Waals surface area contributed by atoms with E-state index in [1.165, 1.54) is 6.07 Å². The van der Waals surface area contributed by atoms with Gasteiger partial charge in [0, 0.05) is 51.5 Å².